The molecule has 0 aromatic heterocycles. The first-order valence-corrected chi connectivity index (χ1v) is 4.92. The van der Waals surface area contributed by atoms with Crippen molar-refractivity contribution in [3.63, 3.8) is 0 Å². The number of hydrogen-bond donors (Lipinski definition) is 1. The second-order valence-electron chi connectivity index (χ2n) is 4.60. The highest BCUT2D eigenvalue weighted by atomic mass is 16.1. The van der Waals surface area contributed by atoms with Crippen molar-refractivity contribution in [2.45, 2.75) is 31.7 Å². The molecule has 74 valence electrons. The van der Waals surface area contributed by atoms with Crippen LogP contribution in [-0.2, 0) is 5.41 Å². The SMILES string of the molecule is CC1(C)C[C@@H](N)C(=O)c2ccccc21. The second-order valence-corrected chi connectivity index (χ2v) is 4.60. The fourth-order valence-corrected chi connectivity index (χ4v) is 2.24. The van der Waals surface area contributed by atoms with Crippen LogP contribution in [0.2, 0.25) is 0 Å². The van der Waals surface area contributed by atoms with Crippen molar-refractivity contribution in [1.82, 2.24) is 0 Å². The molecule has 0 aliphatic heterocycles. The lowest BCUT2D eigenvalue weighted by Gasteiger charge is -2.34. The van der Waals surface area contributed by atoms with E-state index in [4.69, 9.17) is 5.73 Å². The predicted octanol–water partition coefficient (Wildman–Crippen LogP) is 1.88. The minimum atomic E-state index is -0.333. The van der Waals surface area contributed by atoms with Gasteiger partial charge in [0, 0.05) is 5.56 Å². The summed E-state index contributed by atoms with van der Waals surface area (Å²) < 4.78 is 0. The lowest BCUT2D eigenvalue weighted by Crippen LogP contribution is -2.42. The maximum atomic E-state index is 11.8. The highest BCUT2D eigenvalue weighted by Gasteiger charge is 2.35. The van der Waals surface area contributed by atoms with Gasteiger partial charge in [-0.3, -0.25) is 4.79 Å². The van der Waals surface area contributed by atoms with Gasteiger partial charge in [0.15, 0.2) is 5.78 Å². The van der Waals surface area contributed by atoms with E-state index in [2.05, 4.69) is 13.8 Å². The van der Waals surface area contributed by atoms with Crippen LogP contribution < -0.4 is 5.73 Å². The standard InChI is InChI=1S/C12H15NO/c1-12(2)7-10(13)11(14)8-5-3-4-6-9(8)12/h3-6,10H,7,13H2,1-2H3/t10-/m1/s1. The van der Waals surface area contributed by atoms with Gasteiger partial charge in [0.1, 0.15) is 0 Å². The first-order valence-electron chi connectivity index (χ1n) is 4.92. The molecule has 1 atom stereocenters. The number of fused-ring (bicyclic) bond motifs is 1. The third-order valence-corrected chi connectivity index (χ3v) is 2.99. The molecule has 14 heavy (non-hydrogen) atoms. The van der Waals surface area contributed by atoms with Crippen molar-refractivity contribution in [3.05, 3.63) is 35.4 Å². The van der Waals surface area contributed by atoms with Gasteiger partial charge >= 0.3 is 0 Å². The third kappa shape index (κ3) is 1.26. The van der Waals surface area contributed by atoms with E-state index in [0.717, 1.165) is 17.5 Å². The Kier molecular flexibility index (Phi) is 1.96. The molecule has 0 heterocycles. The van der Waals surface area contributed by atoms with Gasteiger partial charge in [0.25, 0.3) is 0 Å². The smallest absolute Gasteiger partial charge is 0.179 e. The van der Waals surface area contributed by atoms with Crippen molar-refractivity contribution >= 4 is 5.78 Å². The maximum absolute atomic E-state index is 11.8. The molecule has 0 spiro atoms. The van der Waals surface area contributed by atoms with E-state index >= 15 is 0 Å². The molecule has 0 saturated carbocycles. The van der Waals surface area contributed by atoms with E-state index in [1.54, 1.807) is 0 Å². The summed E-state index contributed by atoms with van der Waals surface area (Å²) >= 11 is 0. The molecule has 0 amide bonds. The summed E-state index contributed by atoms with van der Waals surface area (Å²) in [6.07, 6.45) is 0.739. The van der Waals surface area contributed by atoms with Gasteiger partial charge in [-0.25, -0.2) is 0 Å². The van der Waals surface area contributed by atoms with E-state index in [1.165, 1.54) is 0 Å². The number of rotatable bonds is 0. The number of benzene rings is 1. The van der Waals surface area contributed by atoms with Gasteiger partial charge in [-0.15, -0.1) is 0 Å². The topological polar surface area (TPSA) is 43.1 Å². The molecular weight excluding hydrogens is 174 g/mol. The summed E-state index contributed by atoms with van der Waals surface area (Å²) in [4.78, 5) is 11.8. The van der Waals surface area contributed by atoms with Crippen LogP contribution in [0.4, 0.5) is 0 Å². The van der Waals surface area contributed by atoms with E-state index < -0.39 is 0 Å². The largest absolute Gasteiger partial charge is 0.321 e. The van der Waals surface area contributed by atoms with E-state index in [9.17, 15) is 4.79 Å². The molecule has 1 aromatic carbocycles. The summed E-state index contributed by atoms with van der Waals surface area (Å²) in [5.74, 6) is 0.0833. The van der Waals surface area contributed by atoms with Crippen LogP contribution in [-0.4, -0.2) is 11.8 Å². The van der Waals surface area contributed by atoms with Crippen molar-refractivity contribution < 1.29 is 4.79 Å². The molecule has 0 fully saturated rings. The molecule has 0 bridgehead atoms. The van der Waals surface area contributed by atoms with Crippen LogP contribution in [0.5, 0.6) is 0 Å². The predicted molar refractivity (Wildman–Crippen MR) is 56.4 cm³/mol. The van der Waals surface area contributed by atoms with Crippen LogP contribution in [0.3, 0.4) is 0 Å². The number of ketones is 1. The average Bonchev–Trinajstić information content (AvgIpc) is 2.14. The Bertz CT molecular complexity index is 382. The molecule has 2 N–H and O–H groups in total. The van der Waals surface area contributed by atoms with E-state index in [0.29, 0.717) is 0 Å². The van der Waals surface area contributed by atoms with Crippen LogP contribution in [0, 0.1) is 0 Å². The van der Waals surface area contributed by atoms with Crippen LogP contribution in [0.15, 0.2) is 24.3 Å². The minimum Gasteiger partial charge on any atom is -0.321 e. The zero-order chi connectivity index (χ0) is 10.3. The van der Waals surface area contributed by atoms with Gasteiger partial charge in [-0.2, -0.15) is 0 Å². The summed E-state index contributed by atoms with van der Waals surface area (Å²) in [5.41, 5.74) is 7.77. The van der Waals surface area contributed by atoms with Crippen LogP contribution in [0.1, 0.15) is 36.2 Å². The quantitative estimate of drug-likeness (QED) is 0.677. The Balaban J connectivity index is 2.62. The van der Waals surface area contributed by atoms with Gasteiger partial charge in [-0.05, 0) is 17.4 Å². The second kappa shape index (κ2) is 2.92. The number of nitrogens with two attached hydrogens (primary N) is 1. The number of hydrogen-bond acceptors (Lipinski definition) is 2. The zero-order valence-electron chi connectivity index (χ0n) is 8.58. The molecular formula is C12H15NO. The molecule has 2 nitrogen and oxygen atoms in total. The fraction of sp³-hybridized carbons (Fsp3) is 0.417. The van der Waals surface area contributed by atoms with Crippen LogP contribution in [0.25, 0.3) is 0 Å². The molecule has 1 aliphatic rings. The minimum absolute atomic E-state index is 0.0178. The first kappa shape index (κ1) is 9.41. The summed E-state index contributed by atoms with van der Waals surface area (Å²) in [5, 5.41) is 0. The van der Waals surface area contributed by atoms with Crippen molar-refractivity contribution in [3.8, 4) is 0 Å². The number of carbonyl (C=O) groups is 1. The van der Waals surface area contributed by atoms with Crippen LogP contribution >= 0.6 is 0 Å². The highest BCUT2D eigenvalue weighted by Crippen LogP contribution is 2.35. The number of carbonyl (C=O) groups excluding carboxylic acids is 1. The zero-order valence-corrected chi connectivity index (χ0v) is 8.58. The maximum Gasteiger partial charge on any atom is 0.179 e. The molecule has 0 radical (unpaired) electrons. The summed E-state index contributed by atoms with van der Waals surface area (Å²) in [6.45, 7) is 4.27. The molecule has 2 rings (SSSR count). The number of Topliss-reactive ketones (excluding diaryl/α,β-unsaturated/α-hetero) is 1. The molecule has 0 saturated heterocycles. The lowest BCUT2D eigenvalue weighted by atomic mass is 9.70. The normalized spacial score (nSPS) is 24.5. The summed E-state index contributed by atoms with van der Waals surface area (Å²) in [6, 6.07) is 7.44. The van der Waals surface area contributed by atoms with E-state index in [-0.39, 0.29) is 17.2 Å². The summed E-state index contributed by atoms with van der Waals surface area (Å²) in [7, 11) is 0. The molecule has 2 heteroatoms. The Morgan fingerprint density at radius 2 is 2.00 bits per heavy atom. The van der Waals surface area contributed by atoms with E-state index in [1.807, 2.05) is 24.3 Å². The molecule has 1 aromatic rings. The Labute approximate surface area is 84.1 Å². The third-order valence-electron chi connectivity index (χ3n) is 2.99. The van der Waals surface area contributed by atoms with Gasteiger partial charge < -0.3 is 5.73 Å². The monoisotopic (exact) mass is 189 g/mol. The lowest BCUT2D eigenvalue weighted by molar-refractivity contribution is 0.0929. The molecule has 1 aliphatic carbocycles. The molecule has 0 unspecified atom stereocenters. The van der Waals surface area contributed by atoms with Gasteiger partial charge in [0.05, 0.1) is 6.04 Å². The first-order chi connectivity index (χ1) is 6.52. The van der Waals surface area contributed by atoms with Crippen molar-refractivity contribution in [2.75, 3.05) is 0 Å². The van der Waals surface area contributed by atoms with Crippen molar-refractivity contribution in [1.29, 1.82) is 0 Å². The highest BCUT2D eigenvalue weighted by molar-refractivity contribution is 6.02. The fourth-order valence-electron chi connectivity index (χ4n) is 2.24. The Morgan fingerprint density at radius 3 is 2.71 bits per heavy atom. The van der Waals surface area contributed by atoms with Crippen molar-refractivity contribution in [2.24, 2.45) is 5.73 Å². The Hall–Kier alpha value is -1.15. The van der Waals surface area contributed by atoms with Gasteiger partial charge in [0.2, 0.25) is 0 Å². The Morgan fingerprint density at radius 1 is 1.36 bits per heavy atom. The van der Waals surface area contributed by atoms with Gasteiger partial charge in [-0.1, -0.05) is 38.1 Å². The average molecular weight is 189 g/mol.